The zero-order valence-electron chi connectivity index (χ0n) is 16.9. The smallest absolute Gasteiger partial charge is 0.261 e. The van der Waals surface area contributed by atoms with Crippen LogP contribution in [0.2, 0.25) is 0 Å². The molecule has 6 nitrogen and oxygen atoms in total. The second kappa shape index (κ2) is 7.99. The van der Waals surface area contributed by atoms with E-state index < -0.39 is 0 Å². The molecule has 1 saturated heterocycles. The lowest BCUT2D eigenvalue weighted by atomic mass is 9.87. The molecule has 0 bridgehead atoms. The summed E-state index contributed by atoms with van der Waals surface area (Å²) in [5.41, 5.74) is 2.23. The second-order valence-electron chi connectivity index (χ2n) is 8.27. The highest BCUT2D eigenvalue weighted by atomic mass is 32.1. The average molecular weight is 412 g/mol. The molecule has 1 amide bonds. The first-order chi connectivity index (χ1) is 13.9. The van der Waals surface area contributed by atoms with Crippen LogP contribution in [-0.4, -0.2) is 34.2 Å². The predicted molar refractivity (Wildman–Crippen MR) is 112 cm³/mol. The number of amides is 1. The summed E-state index contributed by atoms with van der Waals surface area (Å²) in [5.74, 6) is 1.62. The molecule has 0 saturated carbocycles. The molecule has 0 spiro atoms. The molecule has 2 aromatic heterocycles. The summed E-state index contributed by atoms with van der Waals surface area (Å²) < 4.78 is 11.6. The third kappa shape index (κ3) is 4.34. The number of nitrogens with zero attached hydrogens (tertiary/aromatic N) is 3. The van der Waals surface area contributed by atoms with Crippen LogP contribution in [0.3, 0.4) is 0 Å². The van der Waals surface area contributed by atoms with Crippen LogP contribution in [0.4, 0.5) is 0 Å². The Morgan fingerprint density at radius 1 is 1.24 bits per heavy atom. The van der Waals surface area contributed by atoms with Crippen LogP contribution in [0.25, 0.3) is 11.5 Å². The van der Waals surface area contributed by atoms with Gasteiger partial charge < -0.3 is 14.1 Å². The Morgan fingerprint density at radius 3 is 2.72 bits per heavy atom. The molecular weight excluding hydrogens is 386 g/mol. The van der Waals surface area contributed by atoms with Gasteiger partial charge in [0.1, 0.15) is 11.8 Å². The highest BCUT2D eigenvalue weighted by Gasteiger charge is 2.34. The van der Waals surface area contributed by atoms with E-state index in [1.165, 1.54) is 5.56 Å². The van der Waals surface area contributed by atoms with E-state index in [0.717, 1.165) is 18.4 Å². The van der Waals surface area contributed by atoms with Gasteiger partial charge in [0, 0.05) is 17.5 Å². The number of carbonyl (C=O) groups is 1. The minimum Gasteiger partial charge on any atom is -0.484 e. The Morgan fingerprint density at radius 2 is 2.03 bits per heavy atom. The summed E-state index contributed by atoms with van der Waals surface area (Å²) in [4.78, 5) is 14.6. The third-order valence-corrected chi connectivity index (χ3v) is 5.83. The van der Waals surface area contributed by atoms with Crippen molar-refractivity contribution in [3.63, 3.8) is 0 Å². The van der Waals surface area contributed by atoms with Crippen LogP contribution in [0, 0.1) is 0 Å². The molecule has 29 heavy (non-hydrogen) atoms. The van der Waals surface area contributed by atoms with Crippen LogP contribution in [0.15, 0.2) is 45.5 Å². The van der Waals surface area contributed by atoms with Crippen molar-refractivity contribution in [2.24, 2.45) is 0 Å². The first kappa shape index (κ1) is 19.6. The lowest BCUT2D eigenvalue weighted by Gasteiger charge is -2.22. The number of carbonyl (C=O) groups excluding carboxylic acids is 1. The Balaban J connectivity index is 1.39. The molecule has 3 heterocycles. The number of hydrogen-bond acceptors (Lipinski definition) is 6. The lowest BCUT2D eigenvalue weighted by Crippen LogP contribution is -2.34. The Hall–Kier alpha value is -2.67. The molecule has 152 valence electrons. The van der Waals surface area contributed by atoms with Crippen LogP contribution < -0.4 is 4.74 Å². The second-order valence-corrected chi connectivity index (χ2v) is 9.05. The van der Waals surface area contributed by atoms with Gasteiger partial charge in [0.05, 0.1) is 0 Å². The Labute approximate surface area is 174 Å². The van der Waals surface area contributed by atoms with Crippen molar-refractivity contribution in [1.82, 2.24) is 15.1 Å². The molecule has 1 unspecified atom stereocenters. The largest absolute Gasteiger partial charge is 0.484 e. The SMILES string of the molecule is CC(C)(C)c1ccc(OCC(=O)N2CCCC2c2nnc(-c3ccsc3)o2)cc1. The van der Waals surface area contributed by atoms with E-state index in [2.05, 4.69) is 31.0 Å². The summed E-state index contributed by atoms with van der Waals surface area (Å²) in [5, 5.41) is 12.3. The van der Waals surface area contributed by atoms with Gasteiger partial charge in [-0.2, -0.15) is 11.3 Å². The maximum atomic E-state index is 12.8. The number of thiophene rings is 1. The fraction of sp³-hybridized carbons (Fsp3) is 0.409. The van der Waals surface area contributed by atoms with Crippen molar-refractivity contribution in [2.75, 3.05) is 13.2 Å². The monoisotopic (exact) mass is 411 g/mol. The predicted octanol–water partition coefficient (Wildman–Crippen LogP) is 4.84. The standard InChI is InChI=1S/C22H25N3O3S/c1-22(2,3)16-6-8-17(9-7-16)27-13-19(26)25-11-4-5-18(25)21-24-23-20(28-21)15-10-12-29-14-15/h6-10,12,14,18H,4-5,11,13H2,1-3H3. The van der Waals surface area contributed by atoms with Gasteiger partial charge in [0.2, 0.25) is 11.8 Å². The molecule has 7 heteroatoms. The molecular formula is C22H25N3O3S. The topological polar surface area (TPSA) is 68.5 Å². The maximum absolute atomic E-state index is 12.8. The number of rotatable bonds is 5. The number of hydrogen-bond donors (Lipinski definition) is 0. The van der Waals surface area contributed by atoms with E-state index in [1.54, 1.807) is 16.2 Å². The van der Waals surface area contributed by atoms with E-state index in [0.29, 0.717) is 24.1 Å². The normalized spacial score (nSPS) is 16.9. The van der Waals surface area contributed by atoms with Crippen molar-refractivity contribution in [3.8, 4) is 17.2 Å². The summed E-state index contributed by atoms with van der Waals surface area (Å²) in [6, 6.07) is 9.68. The van der Waals surface area contributed by atoms with Crippen molar-refractivity contribution in [1.29, 1.82) is 0 Å². The van der Waals surface area contributed by atoms with Crippen molar-refractivity contribution in [3.05, 3.63) is 52.5 Å². The van der Waals surface area contributed by atoms with Gasteiger partial charge in [-0.15, -0.1) is 10.2 Å². The van der Waals surface area contributed by atoms with Crippen molar-refractivity contribution < 1.29 is 13.9 Å². The molecule has 0 radical (unpaired) electrons. The van der Waals surface area contributed by atoms with Gasteiger partial charge in [0.25, 0.3) is 5.91 Å². The number of aromatic nitrogens is 2. The number of likely N-dealkylation sites (tertiary alicyclic amines) is 1. The molecule has 3 aromatic rings. The number of benzene rings is 1. The molecule has 1 fully saturated rings. The maximum Gasteiger partial charge on any atom is 0.261 e. The van der Waals surface area contributed by atoms with E-state index >= 15 is 0 Å². The first-order valence-corrected chi connectivity index (χ1v) is 10.7. The fourth-order valence-electron chi connectivity index (χ4n) is 3.47. The number of ether oxygens (including phenoxy) is 1. The van der Waals surface area contributed by atoms with Crippen LogP contribution in [0.5, 0.6) is 5.75 Å². The van der Waals surface area contributed by atoms with Crippen LogP contribution in [0.1, 0.15) is 51.1 Å². The van der Waals surface area contributed by atoms with Crippen LogP contribution >= 0.6 is 11.3 Å². The summed E-state index contributed by atoms with van der Waals surface area (Å²) >= 11 is 1.58. The van der Waals surface area contributed by atoms with E-state index in [9.17, 15) is 4.79 Å². The van der Waals surface area contributed by atoms with Gasteiger partial charge >= 0.3 is 0 Å². The molecule has 1 atom stereocenters. The average Bonchev–Trinajstić information content (AvgIpc) is 3.46. The van der Waals surface area contributed by atoms with Gasteiger partial charge in [-0.25, -0.2) is 0 Å². The lowest BCUT2D eigenvalue weighted by molar-refractivity contribution is -0.134. The van der Waals surface area contributed by atoms with Crippen molar-refractivity contribution >= 4 is 17.2 Å². The molecule has 1 aliphatic heterocycles. The first-order valence-electron chi connectivity index (χ1n) is 9.80. The molecule has 1 aliphatic rings. The molecule has 1 aromatic carbocycles. The molecule has 4 rings (SSSR count). The summed E-state index contributed by atoms with van der Waals surface area (Å²) in [7, 11) is 0. The highest BCUT2D eigenvalue weighted by Crippen LogP contribution is 2.33. The van der Waals surface area contributed by atoms with Crippen molar-refractivity contribution in [2.45, 2.75) is 45.1 Å². The summed E-state index contributed by atoms with van der Waals surface area (Å²) in [6.45, 7) is 7.17. The zero-order chi connectivity index (χ0) is 20.4. The third-order valence-electron chi connectivity index (χ3n) is 5.15. The molecule has 0 aliphatic carbocycles. The quantitative estimate of drug-likeness (QED) is 0.601. The van der Waals surface area contributed by atoms with E-state index in [-0.39, 0.29) is 24.0 Å². The van der Waals surface area contributed by atoms with Gasteiger partial charge in [-0.3, -0.25) is 4.79 Å². The van der Waals surface area contributed by atoms with Gasteiger partial charge in [0.15, 0.2) is 6.61 Å². The highest BCUT2D eigenvalue weighted by molar-refractivity contribution is 7.08. The molecule has 0 N–H and O–H groups in total. The zero-order valence-corrected chi connectivity index (χ0v) is 17.7. The minimum atomic E-state index is -0.186. The minimum absolute atomic E-state index is 0.00309. The fourth-order valence-corrected chi connectivity index (χ4v) is 4.10. The Bertz CT molecular complexity index is 958. The van der Waals surface area contributed by atoms with Gasteiger partial charge in [-0.05, 0) is 47.4 Å². The Kier molecular flexibility index (Phi) is 5.41. The van der Waals surface area contributed by atoms with E-state index in [4.69, 9.17) is 9.15 Å². The van der Waals surface area contributed by atoms with E-state index in [1.807, 2.05) is 41.1 Å². The van der Waals surface area contributed by atoms with Gasteiger partial charge in [-0.1, -0.05) is 32.9 Å². The van der Waals surface area contributed by atoms with Crippen LogP contribution in [-0.2, 0) is 10.2 Å². The summed E-state index contributed by atoms with van der Waals surface area (Å²) in [6.07, 6.45) is 1.73.